The molecule has 258 valence electrons. The summed E-state index contributed by atoms with van der Waals surface area (Å²) >= 11 is 0. The molecule has 0 bridgehead atoms. The molecule has 1 unspecified atom stereocenters. The molecule has 0 radical (unpaired) electrons. The maximum atomic E-state index is 11.6. The minimum atomic E-state index is -1.85. The van der Waals surface area contributed by atoms with Gasteiger partial charge in [0.2, 0.25) is 0 Å². The Morgan fingerprint density at radius 3 is 1.53 bits per heavy atom. The Morgan fingerprint density at radius 1 is 0.578 bits per heavy atom. The van der Waals surface area contributed by atoms with Gasteiger partial charge in [-0.3, -0.25) is 4.99 Å². The Kier molecular flexibility index (Phi) is 12.3. The van der Waals surface area contributed by atoms with Crippen molar-refractivity contribution in [3.8, 4) is 0 Å². The van der Waals surface area contributed by atoms with E-state index in [1.807, 2.05) is 0 Å². The third kappa shape index (κ3) is 8.67. The lowest BCUT2D eigenvalue weighted by molar-refractivity contribution is -0.331. The van der Waals surface area contributed by atoms with E-state index in [0.29, 0.717) is 0 Å². The van der Waals surface area contributed by atoms with Crippen molar-refractivity contribution in [1.29, 1.82) is 0 Å². The zero-order chi connectivity index (χ0) is 33.7. The summed E-state index contributed by atoms with van der Waals surface area (Å²) in [6, 6.07) is -3.68. The molecule has 0 aromatic heterocycles. The molecule has 0 aromatic carbocycles. The van der Waals surface area contributed by atoms with E-state index in [1.54, 1.807) is 0 Å². The molecule has 2 aliphatic heterocycles. The van der Waals surface area contributed by atoms with Gasteiger partial charge in [-0.2, -0.15) is 0 Å². The van der Waals surface area contributed by atoms with Gasteiger partial charge < -0.3 is 101 Å². The highest BCUT2D eigenvalue weighted by molar-refractivity contribution is 5.77. The number of hydrogen-bond donors (Lipinski definition) is 15. The largest absolute Gasteiger partial charge is 0.394 e. The number of hydrogen-bond acceptors (Lipinski definition) is 15. The molecule has 1 aliphatic carbocycles. The van der Waals surface area contributed by atoms with Crippen LogP contribution in [-0.4, -0.2) is 164 Å². The molecule has 23 heteroatoms. The molecule has 3 fully saturated rings. The molecule has 23 nitrogen and oxygen atoms in total. The summed E-state index contributed by atoms with van der Waals surface area (Å²) in [5.41, 5.74) is 44.1. The Morgan fingerprint density at radius 2 is 1.07 bits per heavy atom. The smallest absolute Gasteiger partial charge is 0.187 e. The van der Waals surface area contributed by atoms with E-state index in [1.165, 1.54) is 0 Å². The highest BCUT2D eigenvalue weighted by atomic mass is 16.7. The highest BCUT2D eigenvalue weighted by Crippen LogP contribution is 2.35. The second-order valence-corrected chi connectivity index (χ2v) is 10.7. The molecule has 1 saturated carbocycles. The number of guanidine groups is 4. The molecule has 0 spiro atoms. The normalized spacial score (nSPS) is 41.8. The molecule has 3 aliphatic rings. The fourth-order valence-corrected chi connectivity index (χ4v) is 5.33. The zero-order valence-electron chi connectivity index (χ0n) is 24.0. The van der Waals surface area contributed by atoms with Crippen LogP contribution < -0.4 is 45.9 Å². The molecule has 2 heterocycles. The lowest BCUT2D eigenvalue weighted by atomic mass is 9.83. The molecule has 3 rings (SSSR count). The monoisotopic (exact) mass is 652 g/mol. The molecule has 0 amide bonds. The van der Waals surface area contributed by atoms with Crippen LogP contribution in [0.25, 0.3) is 0 Å². The van der Waals surface area contributed by atoms with Crippen molar-refractivity contribution in [2.24, 2.45) is 65.8 Å². The third-order valence-corrected chi connectivity index (χ3v) is 7.40. The van der Waals surface area contributed by atoms with Gasteiger partial charge in [0.25, 0.3) is 0 Å². The van der Waals surface area contributed by atoms with E-state index in [0.717, 1.165) is 0 Å². The van der Waals surface area contributed by atoms with Gasteiger partial charge in [0.15, 0.2) is 36.4 Å². The van der Waals surface area contributed by atoms with Crippen LogP contribution >= 0.6 is 0 Å². The van der Waals surface area contributed by atoms with Crippen LogP contribution in [0.4, 0.5) is 0 Å². The van der Waals surface area contributed by atoms with Gasteiger partial charge in [0.1, 0.15) is 67.1 Å². The maximum Gasteiger partial charge on any atom is 0.187 e. The second kappa shape index (κ2) is 15.3. The number of aliphatic hydroxyl groups excluding tert-OH is 7. The number of ether oxygens (including phenoxy) is 4. The van der Waals surface area contributed by atoms with E-state index in [2.05, 4.69) is 20.0 Å². The first kappa shape index (κ1) is 36.1. The predicted octanol–water partition coefficient (Wildman–Crippen LogP) is -10.0. The Hall–Kier alpha value is -3.36. The number of rotatable bonds is 10. The van der Waals surface area contributed by atoms with Gasteiger partial charge in [-0.1, -0.05) is 0 Å². The van der Waals surface area contributed by atoms with Gasteiger partial charge >= 0.3 is 0 Å². The average molecular weight is 653 g/mol. The van der Waals surface area contributed by atoms with E-state index < -0.39 is 116 Å². The molecule has 15 atom stereocenters. The fraction of sp³-hybridized carbons (Fsp3) is 0.818. The minimum absolute atomic E-state index is 0.181. The predicted molar refractivity (Wildman–Crippen MR) is 154 cm³/mol. The second-order valence-electron chi connectivity index (χ2n) is 10.7. The zero-order valence-corrected chi connectivity index (χ0v) is 24.0. The van der Waals surface area contributed by atoms with Crippen LogP contribution in [0.15, 0.2) is 20.0 Å². The summed E-state index contributed by atoms with van der Waals surface area (Å²) < 4.78 is 23.0. The van der Waals surface area contributed by atoms with Crippen LogP contribution in [0.5, 0.6) is 0 Å². The summed E-state index contributed by atoms with van der Waals surface area (Å²) in [5, 5.41) is 74.3. The summed E-state index contributed by atoms with van der Waals surface area (Å²) in [6.07, 6.45) is -19.6. The van der Waals surface area contributed by atoms with Gasteiger partial charge in [-0.25, -0.2) is 15.0 Å². The van der Waals surface area contributed by atoms with Crippen molar-refractivity contribution in [2.75, 3.05) is 13.2 Å². The lowest BCUT2D eigenvalue weighted by Gasteiger charge is -2.47. The van der Waals surface area contributed by atoms with Crippen LogP contribution in [0.1, 0.15) is 6.42 Å². The van der Waals surface area contributed by atoms with Crippen molar-refractivity contribution in [2.45, 2.75) is 98.2 Å². The quantitative estimate of drug-likeness (QED) is 0.0769. The number of aliphatic hydroxyl groups is 7. The number of aliphatic imine (C=N–C) groups is 4. The standard InChI is InChI=1S/C22H44N12O11/c23-19(24)31-2-6-10(37)12(39)13(40)18(42-6)45-16-5(33-21(27)28)1-4(32-20(25)26)15(14(16)41)44-17-11(38)8(34-22(29)30)9(36)7(3-35)43-17/h4-18,35-41H,1-3H2,(H4,23,24,31)(H4,25,26,32)(H4,27,28,33)(H4,29,30,34)/t4-,5+,6-,7-,8+,9-,10-,11-,12+,13-,14-,15+,16-,17?,18-/m1/s1. The van der Waals surface area contributed by atoms with Crippen molar-refractivity contribution in [1.82, 2.24) is 0 Å². The fourth-order valence-electron chi connectivity index (χ4n) is 5.33. The Bertz CT molecular complexity index is 1100. The first-order valence-corrected chi connectivity index (χ1v) is 13.7. The van der Waals surface area contributed by atoms with Crippen LogP contribution in [-0.2, 0) is 18.9 Å². The summed E-state index contributed by atoms with van der Waals surface area (Å²) in [4.78, 5) is 15.7. The molecule has 2 saturated heterocycles. The molecular weight excluding hydrogens is 608 g/mol. The third-order valence-electron chi connectivity index (χ3n) is 7.40. The topological polar surface area (TPSA) is 436 Å². The van der Waals surface area contributed by atoms with Gasteiger partial charge in [0.05, 0.1) is 25.2 Å². The molecular formula is C22H44N12O11. The van der Waals surface area contributed by atoms with Crippen LogP contribution in [0, 0.1) is 0 Å². The average Bonchev–Trinajstić information content (AvgIpc) is 2.94. The number of nitrogens with zero attached hydrogens (tertiary/aromatic N) is 4. The molecule has 0 aromatic rings. The minimum Gasteiger partial charge on any atom is -0.394 e. The van der Waals surface area contributed by atoms with Crippen LogP contribution in [0.3, 0.4) is 0 Å². The van der Waals surface area contributed by atoms with E-state index in [4.69, 9.17) is 64.8 Å². The first-order valence-electron chi connectivity index (χ1n) is 13.7. The molecule has 45 heavy (non-hydrogen) atoms. The van der Waals surface area contributed by atoms with Gasteiger partial charge in [0, 0.05) is 0 Å². The van der Waals surface area contributed by atoms with Crippen molar-refractivity contribution in [3.63, 3.8) is 0 Å². The summed E-state index contributed by atoms with van der Waals surface area (Å²) in [5.74, 6) is -1.69. The van der Waals surface area contributed by atoms with Gasteiger partial charge in [-0.05, 0) is 6.42 Å². The van der Waals surface area contributed by atoms with Crippen molar-refractivity contribution >= 4 is 23.8 Å². The maximum absolute atomic E-state index is 11.6. The van der Waals surface area contributed by atoms with E-state index in [-0.39, 0.29) is 18.9 Å². The van der Waals surface area contributed by atoms with Gasteiger partial charge in [-0.15, -0.1) is 0 Å². The Labute approximate surface area is 256 Å². The van der Waals surface area contributed by atoms with Crippen molar-refractivity contribution < 1.29 is 54.7 Å². The first-order chi connectivity index (χ1) is 21.0. The Balaban J connectivity index is 1.97. The summed E-state index contributed by atoms with van der Waals surface area (Å²) in [6.45, 7) is -1.07. The van der Waals surface area contributed by atoms with Crippen LogP contribution in [0.2, 0.25) is 0 Å². The van der Waals surface area contributed by atoms with E-state index in [9.17, 15) is 35.7 Å². The molecule has 23 N–H and O–H groups in total. The van der Waals surface area contributed by atoms with Crippen molar-refractivity contribution in [3.05, 3.63) is 0 Å². The lowest BCUT2D eigenvalue weighted by Crippen LogP contribution is -2.65. The van der Waals surface area contributed by atoms with E-state index >= 15 is 0 Å². The SMILES string of the molecule is NC(N)=NC[C@H]1O[C@H](O[C@H]2[C@H](O)[C@@H](OC3O[C@H](CO)[C@@H](O)[C@H](N=C(N)N)[C@H]3O)[C@H](N=C(N)N)C[C@@H]2N=C(N)N)[C@H](O)[C@@H](O)[C@@H]1O. The highest BCUT2D eigenvalue weighted by Gasteiger charge is 2.53. The summed E-state index contributed by atoms with van der Waals surface area (Å²) in [7, 11) is 0. The number of nitrogens with two attached hydrogens (primary N) is 8.